The largest absolute Gasteiger partial charge is 0.416 e. The third-order valence-corrected chi connectivity index (χ3v) is 8.08. The van der Waals surface area contributed by atoms with E-state index in [-0.39, 0.29) is 36.1 Å². The zero-order chi connectivity index (χ0) is 27.7. The summed E-state index contributed by atoms with van der Waals surface area (Å²) in [7, 11) is -3.18. The Bertz CT molecular complexity index is 1430. The minimum Gasteiger partial charge on any atom is -0.343 e. The molecule has 0 aliphatic carbocycles. The van der Waals surface area contributed by atoms with E-state index < -0.39 is 26.2 Å². The predicted molar refractivity (Wildman–Crippen MR) is 134 cm³/mol. The summed E-state index contributed by atoms with van der Waals surface area (Å²) < 4.78 is 66.3. The number of likely N-dealkylation sites (tertiary alicyclic amines) is 1. The van der Waals surface area contributed by atoms with Gasteiger partial charge in [-0.25, -0.2) is 13.7 Å². The first-order valence-electron chi connectivity index (χ1n) is 11.8. The standard InChI is InChI=1S/C24H26F4N6O2S2/c1-15-30-32-34(31-15)14-18-12-19(24(26,27)28)4-2-16(18)3-7-23(35)33-10-8-17(9-11-33)21-6-5-20(13-22(21)25)38(29,36)37/h2,4-6,12-13,17H,3,7-11,14H2,1H3,(H2,29,36,37). The summed E-state index contributed by atoms with van der Waals surface area (Å²) in [5.41, 5.74) is 0.633. The first-order valence-corrected chi connectivity index (χ1v) is 14.4. The maximum Gasteiger partial charge on any atom is 0.416 e. The molecule has 8 nitrogen and oxygen atoms in total. The molecule has 0 spiro atoms. The lowest BCUT2D eigenvalue weighted by atomic mass is 9.89. The lowest BCUT2D eigenvalue weighted by Crippen LogP contribution is -2.38. The molecule has 38 heavy (non-hydrogen) atoms. The van der Waals surface area contributed by atoms with E-state index in [1.807, 2.05) is 0 Å². The molecule has 0 saturated carbocycles. The first-order chi connectivity index (χ1) is 17.8. The van der Waals surface area contributed by atoms with Crippen LogP contribution in [0.25, 0.3) is 0 Å². The number of halogens is 4. The number of carbonyl (C=O) groups excluding carboxylic acids is 1. The Morgan fingerprint density at radius 2 is 1.87 bits per heavy atom. The quantitative estimate of drug-likeness (QED) is 0.436. The summed E-state index contributed by atoms with van der Waals surface area (Å²) in [5.74, 6) is -0.379. The summed E-state index contributed by atoms with van der Waals surface area (Å²) in [4.78, 5) is 15.9. The zero-order valence-electron chi connectivity index (χ0n) is 20.4. The van der Waals surface area contributed by atoms with Gasteiger partial charge in [-0.3, -0.25) is 4.79 Å². The number of carbonyl (C=O) groups is 1. The molecule has 1 amide bonds. The van der Waals surface area contributed by atoms with Crippen molar-refractivity contribution in [1.29, 1.82) is 0 Å². The number of nitrogens with zero attached hydrogens (tertiary/aromatic N) is 5. The topological polar surface area (TPSA) is 107 Å². The van der Waals surface area contributed by atoms with E-state index in [4.69, 9.17) is 16.3 Å². The fourth-order valence-corrected chi connectivity index (χ4v) is 5.43. The third-order valence-electron chi connectivity index (χ3n) is 6.59. The number of aromatic nitrogens is 4. The van der Waals surface area contributed by atoms with Gasteiger partial charge in [0.1, 0.15) is 14.5 Å². The van der Waals surface area contributed by atoms with Crippen molar-refractivity contribution in [3.8, 4) is 0 Å². The smallest absolute Gasteiger partial charge is 0.343 e. The van der Waals surface area contributed by atoms with Gasteiger partial charge in [-0.1, -0.05) is 12.1 Å². The van der Waals surface area contributed by atoms with E-state index in [1.165, 1.54) is 16.9 Å². The molecule has 1 atom stereocenters. The first kappa shape index (κ1) is 28.0. The molecular weight excluding hydrogens is 544 g/mol. The Morgan fingerprint density at radius 1 is 1.16 bits per heavy atom. The van der Waals surface area contributed by atoms with E-state index >= 15 is 0 Å². The van der Waals surface area contributed by atoms with Crippen LogP contribution in [-0.4, -0.2) is 48.3 Å². The van der Waals surface area contributed by atoms with Crippen LogP contribution >= 0.6 is 0 Å². The number of hydrogen-bond donors (Lipinski definition) is 1. The number of nitrogens with two attached hydrogens (primary N) is 1. The molecule has 2 aromatic carbocycles. The van der Waals surface area contributed by atoms with Crippen LogP contribution in [0.3, 0.4) is 0 Å². The number of benzene rings is 2. The Kier molecular flexibility index (Phi) is 8.14. The summed E-state index contributed by atoms with van der Waals surface area (Å²) in [6, 6.07) is 7.57. The number of hydrogen-bond acceptors (Lipinski definition) is 6. The zero-order valence-corrected chi connectivity index (χ0v) is 22.1. The molecule has 1 aliphatic heterocycles. The monoisotopic (exact) mass is 570 g/mol. The number of amides is 1. The van der Waals surface area contributed by atoms with Crippen LogP contribution in [0, 0.1) is 12.7 Å². The van der Waals surface area contributed by atoms with Crippen molar-refractivity contribution in [3.05, 3.63) is 70.3 Å². The van der Waals surface area contributed by atoms with Gasteiger partial charge in [-0.05, 0) is 78.3 Å². The number of alkyl halides is 3. The van der Waals surface area contributed by atoms with Crippen LogP contribution in [-0.2, 0) is 43.8 Å². The van der Waals surface area contributed by atoms with Crippen LogP contribution in [0.4, 0.5) is 17.6 Å². The molecule has 1 aliphatic rings. The van der Waals surface area contributed by atoms with Crippen molar-refractivity contribution in [3.63, 3.8) is 0 Å². The van der Waals surface area contributed by atoms with E-state index in [1.54, 1.807) is 17.9 Å². The summed E-state index contributed by atoms with van der Waals surface area (Å²) >= 11 is 4.71. The lowest BCUT2D eigenvalue weighted by molar-refractivity contribution is -0.137. The van der Waals surface area contributed by atoms with Gasteiger partial charge in [-0.2, -0.15) is 18.0 Å². The molecule has 0 bridgehead atoms. The highest BCUT2D eigenvalue weighted by Crippen LogP contribution is 2.33. The van der Waals surface area contributed by atoms with Crippen LogP contribution in [0.15, 0.2) is 41.3 Å². The third kappa shape index (κ3) is 6.72. The Labute approximate surface area is 222 Å². The molecule has 204 valence electrons. The summed E-state index contributed by atoms with van der Waals surface area (Å²) in [5, 5.41) is 17.1. The van der Waals surface area contributed by atoms with E-state index in [2.05, 4.69) is 15.4 Å². The molecule has 4 rings (SSSR count). The van der Waals surface area contributed by atoms with Crippen molar-refractivity contribution in [2.24, 2.45) is 5.14 Å². The van der Waals surface area contributed by atoms with E-state index in [0.29, 0.717) is 48.4 Å². The number of piperidine rings is 1. The van der Waals surface area contributed by atoms with Gasteiger partial charge in [0.05, 0.1) is 17.0 Å². The highest BCUT2D eigenvalue weighted by atomic mass is 32.8. The van der Waals surface area contributed by atoms with Crippen molar-refractivity contribution in [2.75, 3.05) is 13.1 Å². The Balaban J connectivity index is 1.39. The van der Waals surface area contributed by atoms with Crippen LogP contribution in [0.2, 0.25) is 0 Å². The average molecular weight is 571 g/mol. The fourth-order valence-electron chi connectivity index (χ4n) is 4.59. The summed E-state index contributed by atoms with van der Waals surface area (Å²) in [6.45, 7) is 2.46. The Hall–Kier alpha value is -2.97. The SMILES string of the molecule is Cc1nnn(Cc2cc(C(F)(F)F)ccc2CCC(=O)N2CCC(c3ccc(S(N)(=O)=S)cc3F)CC2)n1. The van der Waals surface area contributed by atoms with Crippen LogP contribution in [0.5, 0.6) is 0 Å². The van der Waals surface area contributed by atoms with Gasteiger partial charge >= 0.3 is 6.18 Å². The Morgan fingerprint density at radius 3 is 2.45 bits per heavy atom. The molecular formula is C24H26F4N6O2S2. The van der Waals surface area contributed by atoms with Crippen molar-refractivity contribution < 1.29 is 26.6 Å². The second-order valence-electron chi connectivity index (χ2n) is 9.23. The molecule has 0 radical (unpaired) electrons. The van der Waals surface area contributed by atoms with Crippen LogP contribution < -0.4 is 5.14 Å². The molecule has 1 unspecified atom stereocenters. The fraction of sp³-hybridized carbons (Fsp3) is 0.417. The van der Waals surface area contributed by atoms with E-state index in [9.17, 15) is 26.6 Å². The molecule has 2 N–H and O–H groups in total. The molecule has 1 saturated heterocycles. The molecule has 3 aromatic rings. The number of tetrazole rings is 1. The number of aryl methyl sites for hydroxylation is 2. The normalized spacial score (nSPS) is 16.4. The van der Waals surface area contributed by atoms with Crippen molar-refractivity contribution >= 4 is 25.8 Å². The second kappa shape index (κ2) is 11.0. The van der Waals surface area contributed by atoms with Gasteiger partial charge in [0, 0.05) is 30.7 Å². The van der Waals surface area contributed by atoms with Gasteiger partial charge in [0.2, 0.25) is 5.91 Å². The van der Waals surface area contributed by atoms with Gasteiger partial charge < -0.3 is 4.90 Å². The van der Waals surface area contributed by atoms with Gasteiger partial charge in [0.15, 0.2) is 5.82 Å². The minimum absolute atomic E-state index is 0.00534. The number of rotatable bonds is 7. The highest BCUT2D eigenvalue weighted by Gasteiger charge is 2.31. The van der Waals surface area contributed by atoms with Gasteiger partial charge in [-0.15, -0.1) is 10.2 Å². The molecule has 1 fully saturated rings. The van der Waals surface area contributed by atoms with Crippen molar-refractivity contribution in [1.82, 2.24) is 25.1 Å². The van der Waals surface area contributed by atoms with Crippen LogP contribution in [0.1, 0.15) is 53.3 Å². The van der Waals surface area contributed by atoms with E-state index in [0.717, 1.165) is 18.2 Å². The highest BCUT2D eigenvalue weighted by molar-refractivity contribution is 8.31. The minimum atomic E-state index is -4.51. The van der Waals surface area contributed by atoms with Gasteiger partial charge in [0.25, 0.3) is 0 Å². The molecule has 14 heteroatoms. The lowest BCUT2D eigenvalue weighted by Gasteiger charge is -2.32. The molecule has 1 aromatic heterocycles. The summed E-state index contributed by atoms with van der Waals surface area (Å²) in [6.07, 6.45) is -3.07. The predicted octanol–water partition coefficient (Wildman–Crippen LogP) is 3.51. The maximum absolute atomic E-state index is 14.6. The average Bonchev–Trinajstić information content (AvgIpc) is 3.26. The second-order valence-corrected chi connectivity index (χ2v) is 12.3. The van der Waals surface area contributed by atoms with Crippen molar-refractivity contribution in [2.45, 2.75) is 56.1 Å². The molecule has 2 heterocycles. The maximum atomic E-state index is 14.6.